The quantitative estimate of drug-likeness (QED) is 0.631. The molecule has 1 aromatic carbocycles. The zero-order valence-electron chi connectivity index (χ0n) is 10.8. The van der Waals surface area contributed by atoms with Crippen LogP contribution in [0.15, 0.2) is 12.1 Å². The number of nitrogens with zero attached hydrogens (tertiary/aromatic N) is 1. The van der Waals surface area contributed by atoms with Crippen LogP contribution in [-0.2, 0) is 4.74 Å². The van der Waals surface area contributed by atoms with Gasteiger partial charge in [0.15, 0.2) is 0 Å². The zero-order chi connectivity index (χ0) is 15.6. The predicted molar refractivity (Wildman–Crippen MR) is 65.7 cm³/mol. The Hall–Kier alpha value is -2.13. The predicted octanol–water partition coefficient (Wildman–Crippen LogP) is 0.754. The first-order valence-electron chi connectivity index (χ1n) is 6.04. The van der Waals surface area contributed by atoms with E-state index in [1.807, 2.05) is 0 Å². The molecule has 9 heteroatoms. The second-order valence-electron chi connectivity index (χ2n) is 4.75. The van der Waals surface area contributed by atoms with Crippen LogP contribution in [0.1, 0.15) is 16.8 Å². The maximum absolute atomic E-state index is 13.8. The van der Waals surface area contributed by atoms with Gasteiger partial charge in [0.05, 0.1) is 23.2 Å². The van der Waals surface area contributed by atoms with Crippen molar-refractivity contribution in [2.24, 2.45) is 0 Å². The lowest BCUT2D eigenvalue weighted by atomic mass is 10.0. The molecule has 114 valence electrons. The molecule has 1 aliphatic heterocycles. The van der Waals surface area contributed by atoms with Crippen molar-refractivity contribution in [1.29, 1.82) is 0 Å². The van der Waals surface area contributed by atoms with E-state index < -0.39 is 39.3 Å². The van der Waals surface area contributed by atoms with Crippen molar-refractivity contribution in [2.75, 3.05) is 19.8 Å². The van der Waals surface area contributed by atoms with Crippen molar-refractivity contribution in [1.82, 2.24) is 5.32 Å². The molecule has 0 spiro atoms. The number of carbonyl (C=O) groups is 1. The first-order valence-corrected chi connectivity index (χ1v) is 6.04. The lowest BCUT2D eigenvalue weighted by molar-refractivity contribution is -0.387. The highest BCUT2D eigenvalue weighted by molar-refractivity contribution is 5.95. The Kier molecular flexibility index (Phi) is 4.14. The highest BCUT2D eigenvalue weighted by atomic mass is 19.1. The molecule has 0 bridgehead atoms. The summed E-state index contributed by atoms with van der Waals surface area (Å²) in [6.07, 6.45) is 0.291. The van der Waals surface area contributed by atoms with Crippen LogP contribution in [0.3, 0.4) is 0 Å². The second kappa shape index (κ2) is 5.70. The highest BCUT2D eigenvalue weighted by Gasteiger charge is 2.33. The molecular weight excluding hydrogens is 290 g/mol. The van der Waals surface area contributed by atoms with Gasteiger partial charge in [-0.25, -0.2) is 4.39 Å². The Balaban J connectivity index is 2.17. The number of rotatable bonds is 4. The molecule has 1 amide bonds. The van der Waals surface area contributed by atoms with E-state index in [-0.39, 0.29) is 13.2 Å². The molecule has 2 rings (SSSR count). The minimum absolute atomic E-state index is 0.0130. The van der Waals surface area contributed by atoms with E-state index in [9.17, 15) is 28.8 Å². The second-order valence-corrected chi connectivity index (χ2v) is 4.75. The van der Waals surface area contributed by atoms with Crippen LogP contribution in [0.5, 0.6) is 0 Å². The number of benzene rings is 1. The minimum atomic E-state index is -1.42. The van der Waals surface area contributed by atoms with Crippen LogP contribution in [0.2, 0.25) is 0 Å². The third-order valence-corrected chi connectivity index (χ3v) is 3.12. The number of hydrogen-bond acceptors (Lipinski definition) is 5. The third-order valence-electron chi connectivity index (χ3n) is 3.12. The molecule has 0 aliphatic carbocycles. The number of nitrogens with one attached hydrogen (secondary N) is 1. The van der Waals surface area contributed by atoms with Gasteiger partial charge in [-0.3, -0.25) is 14.9 Å². The highest BCUT2D eigenvalue weighted by Crippen LogP contribution is 2.23. The average Bonchev–Trinajstić information content (AvgIpc) is 2.85. The molecule has 0 radical (unpaired) electrons. The van der Waals surface area contributed by atoms with Crippen molar-refractivity contribution < 1.29 is 28.3 Å². The Bertz CT molecular complexity index is 587. The molecule has 1 atom stereocenters. The Morgan fingerprint density at radius 1 is 1.52 bits per heavy atom. The van der Waals surface area contributed by atoms with Crippen LogP contribution in [0, 0.1) is 21.7 Å². The number of halogens is 2. The van der Waals surface area contributed by atoms with E-state index in [1.54, 1.807) is 0 Å². The summed E-state index contributed by atoms with van der Waals surface area (Å²) in [7, 11) is 0. The smallest absolute Gasteiger partial charge is 0.308 e. The number of amides is 1. The lowest BCUT2D eigenvalue weighted by Gasteiger charge is -2.20. The summed E-state index contributed by atoms with van der Waals surface area (Å²) in [5.41, 5.74) is -3.18. The van der Waals surface area contributed by atoms with Gasteiger partial charge in [-0.05, 0) is 6.07 Å². The Labute approximate surface area is 117 Å². The maximum Gasteiger partial charge on any atom is 0.308 e. The monoisotopic (exact) mass is 302 g/mol. The third kappa shape index (κ3) is 3.31. The van der Waals surface area contributed by atoms with Crippen LogP contribution in [0.25, 0.3) is 0 Å². The van der Waals surface area contributed by atoms with Gasteiger partial charge in [0.2, 0.25) is 5.82 Å². The number of aliphatic hydroxyl groups is 1. The molecule has 1 aromatic rings. The van der Waals surface area contributed by atoms with Gasteiger partial charge in [-0.2, -0.15) is 4.39 Å². The van der Waals surface area contributed by atoms with Crippen LogP contribution < -0.4 is 5.32 Å². The van der Waals surface area contributed by atoms with Gasteiger partial charge in [0, 0.05) is 19.6 Å². The van der Waals surface area contributed by atoms with E-state index in [1.165, 1.54) is 0 Å². The first-order chi connectivity index (χ1) is 9.82. The van der Waals surface area contributed by atoms with E-state index >= 15 is 0 Å². The summed E-state index contributed by atoms with van der Waals surface area (Å²) >= 11 is 0. The van der Waals surface area contributed by atoms with Crippen LogP contribution in [-0.4, -0.2) is 41.3 Å². The molecule has 1 saturated heterocycles. The molecule has 21 heavy (non-hydrogen) atoms. The number of nitro groups is 1. The summed E-state index contributed by atoms with van der Waals surface area (Å²) in [4.78, 5) is 21.3. The molecular formula is C12H12F2N2O5. The SMILES string of the molecule is O=C(NCC1(O)CCOC1)c1cc(F)cc([N+](=O)[O-])c1F. The number of carbonyl (C=O) groups excluding carboxylic acids is 1. The molecule has 0 aromatic heterocycles. The van der Waals surface area contributed by atoms with Gasteiger partial charge >= 0.3 is 5.69 Å². The summed E-state index contributed by atoms with van der Waals surface area (Å²) in [6, 6.07) is 0.956. The maximum atomic E-state index is 13.8. The summed E-state index contributed by atoms with van der Waals surface area (Å²) < 4.78 is 32.0. The molecule has 1 fully saturated rings. The fraction of sp³-hybridized carbons (Fsp3) is 0.417. The minimum Gasteiger partial charge on any atom is -0.386 e. The largest absolute Gasteiger partial charge is 0.386 e. The average molecular weight is 302 g/mol. The summed E-state index contributed by atoms with van der Waals surface area (Å²) in [6.45, 7) is 0.112. The van der Waals surface area contributed by atoms with Gasteiger partial charge in [0.1, 0.15) is 11.4 Å². The Morgan fingerprint density at radius 2 is 2.24 bits per heavy atom. The Morgan fingerprint density at radius 3 is 2.81 bits per heavy atom. The summed E-state index contributed by atoms with van der Waals surface area (Å²) in [5, 5.41) is 22.7. The first kappa shape index (κ1) is 15.3. The fourth-order valence-electron chi connectivity index (χ4n) is 1.95. The number of ether oxygens (including phenoxy) is 1. The number of nitro benzene ring substituents is 1. The van der Waals surface area contributed by atoms with E-state index in [0.717, 1.165) is 0 Å². The molecule has 0 saturated carbocycles. The van der Waals surface area contributed by atoms with Crippen LogP contribution in [0.4, 0.5) is 14.5 Å². The zero-order valence-corrected chi connectivity index (χ0v) is 10.8. The van der Waals surface area contributed by atoms with E-state index in [4.69, 9.17) is 4.74 Å². The topological polar surface area (TPSA) is 102 Å². The number of hydrogen-bond donors (Lipinski definition) is 2. The van der Waals surface area contributed by atoms with Gasteiger partial charge in [-0.1, -0.05) is 0 Å². The van der Waals surface area contributed by atoms with Crippen molar-refractivity contribution in [2.45, 2.75) is 12.0 Å². The molecule has 1 aliphatic rings. The molecule has 1 heterocycles. The molecule has 7 nitrogen and oxygen atoms in total. The van der Waals surface area contributed by atoms with E-state index in [2.05, 4.69) is 5.32 Å². The van der Waals surface area contributed by atoms with Gasteiger partial charge < -0.3 is 15.2 Å². The lowest BCUT2D eigenvalue weighted by Crippen LogP contribution is -2.43. The van der Waals surface area contributed by atoms with Crippen molar-refractivity contribution in [3.63, 3.8) is 0 Å². The van der Waals surface area contributed by atoms with Gasteiger partial charge in [0.25, 0.3) is 5.91 Å². The standard InChI is InChI=1S/C12H12F2N2O5/c13-7-3-8(10(14)9(4-7)16(19)20)11(17)15-5-12(18)1-2-21-6-12/h3-4,18H,1-2,5-6H2,(H,15,17). The van der Waals surface area contributed by atoms with E-state index in [0.29, 0.717) is 25.2 Å². The van der Waals surface area contributed by atoms with Crippen LogP contribution >= 0.6 is 0 Å². The van der Waals surface area contributed by atoms with Crippen molar-refractivity contribution in [3.8, 4) is 0 Å². The normalized spacial score (nSPS) is 21.3. The van der Waals surface area contributed by atoms with Crippen molar-refractivity contribution >= 4 is 11.6 Å². The van der Waals surface area contributed by atoms with Crippen molar-refractivity contribution in [3.05, 3.63) is 39.4 Å². The molecule has 1 unspecified atom stereocenters. The van der Waals surface area contributed by atoms with Gasteiger partial charge in [-0.15, -0.1) is 0 Å². The fourth-order valence-corrected chi connectivity index (χ4v) is 1.95. The molecule has 2 N–H and O–H groups in total. The summed E-state index contributed by atoms with van der Waals surface area (Å²) in [5.74, 6) is -3.57.